The van der Waals surface area contributed by atoms with E-state index in [1.165, 1.54) is 12.1 Å². The Bertz CT molecular complexity index is 691. The van der Waals surface area contributed by atoms with Crippen molar-refractivity contribution in [1.29, 1.82) is 0 Å². The van der Waals surface area contributed by atoms with Crippen LogP contribution in [0.4, 0.5) is 10.1 Å². The average molecular weight is 279 g/mol. The minimum Gasteiger partial charge on any atom is -0.399 e. The van der Waals surface area contributed by atoms with Crippen LogP contribution in [0.1, 0.15) is 11.1 Å². The molecule has 5 heteroatoms. The standard InChI is InChI=1S/C14H14FNO2S/c1-10-4-2-3-5-14(10)19(17,18)9-11-6-12(15)8-13(16)7-11/h2-8H,9,16H2,1H3. The first kappa shape index (κ1) is 13.5. The predicted molar refractivity (Wildman–Crippen MR) is 72.9 cm³/mol. The molecule has 0 bridgehead atoms. The molecule has 0 radical (unpaired) electrons. The van der Waals surface area contributed by atoms with E-state index >= 15 is 0 Å². The number of benzene rings is 2. The van der Waals surface area contributed by atoms with E-state index in [1.807, 2.05) is 0 Å². The molecular formula is C14H14FNO2S. The molecule has 0 aliphatic heterocycles. The Balaban J connectivity index is 2.39. The summed E-state index contributed by atoms with van der Waals surface area (Å²) in [5, 5.41) is 0. The highest BCUT2D eigenvalue weighted by Gasteiger charge is 2.17. The zero-order valence-electron chi connectivity index (χ0n) is 10.4. The van der Waals surface area contributed by atoms with E-state index in [-0.39, 0.29) is 16.3 Å². The molecule has 0 aromatic heterocycles. The smallest absolute Gasteiger partial charge is 0.182 e. The second-order valence-corrected chi connectivity index (χ2v) is 6.38. The van der Waals surface area contributed by atoms with E-state index in [0.29, 0.717) is 11.1 Å². The van der Waals surface area contributed by atoms with Gasteiger partial charge in [-0.25, -0.2) is 12.8 Å². The highest BCUT2D eigenvalue weighted by molar-refractivity contribution is 7.90. The van der Waals surface area contributed by atoms with Gasteiger partial charge in [-0.15, -0.1) is 0 Å². The van der Waals surface area contributed by atoms with Crippen LogP contribution in [0.3, 0.4) is 0 Å². The van der Waals surface area contributed by atoms with Gasteiger partial charge in [0.05, 0.1) is 10.6 Å². The molecule has 2 N–H and O–H groups in total. The van der Waals surface area contributed by atoms with Gasteiger partial charge in [-0.1, -0.05) is 18.2 Å². The molecule has 2 aromatic carbocycles. The first-order chi connectivity index (χ1) is 8.88. The number of hydrogen-bond donors (Lipinski definition) is 1. The Labute approximate surface area is 111 Å². The molecule has 0 fully saturated rings. The lowest BCUT2D eigenvalue weighted by atomic mass is 10.2. The van der Waals surface area contributed by atoms with E-state index in [4.69, 9.17) is 5.73 Å². The SMILES string of the molecule is Cc1ccccc1S(=O)(=O)Cc1cc(N)cc(F)c1. The molecule has 100 valence electrons. The first-order valence-corrected chi connectivity index (χ1v) is 7.37. The first-order valence-electron chi connectivity index (χ1n) is 5.72. The van der Waals surface area contributed by atoms with E-state index in [0.717, 1.165) is 6.07 Å². The maximum absolute atomic E-state index is 13.2. The molecule has 0 saturated carbocycles. The largest absolute Gasteiger partial charge is 0.399 e. The zero-order valence-corrected chi connectivity index (χ0v) is 11.2. The lowest BCUT2D eigenvalue weighted by Crippen LogP contribution is -2.07. The van der Waals surface area contributed by atoms with Gasteiger partial charge >= 0.3 is 0 Å². The summed E-state index contributed by atoms with van der Waals surface area (Å²) in [5.74, 6) is -0.796. The highest BCUT2D eigenvalue weighted by atomic mass is 32.2. The molecule has 0 spiro atoms. The summed E-state index contributed by atoms with van der Waals surface area (Å²) < 4.78 is 37.8. The molecule has 0 saturated heterocycles. The molecular weight excluding hydrogens is 265 g/mol. The Hall–Kier alpha value is -1.88. The number of anilines is 1. The molecule has 0 aliphatic carbocycles. The van der Waals surface area contributed by atoms with Crippen molar-refractivity contribution in [2.45, 2.75) is 17.6 Å². The fourth-order valence-corrected chi connectivity index (χ4v) is 3.57. The Morgan fingerprint density at radius 1 is 1.16 bits per heavy atom. The van der Waals surface area contributed by atoms with Crippen molar-refractivity contribution in [2.75, 3.05) is 5.73 Å². The van der Waals surface area contributed by atoms with Crippen LogP contribution in [0.25, 0.3) is 0 Å². The fraction of sp³-hybridized carbons (Fsp3) is 0.143. The minimum absolute atomic E-state index is 0.218. The number of nitrogen functional groups attached to an aromatic ring is 1. The van der Waals surface area contributed by atoms with Gasteiger partial charge in [0.25, 0.3) is 0 Å². The molecule has 0 unspecified atom stereocenters. The van der Waals surface area contributed by atoms with Crippen LogP contribution in [-0.4, -0.2) is 8.42 Å². The molecule has 2 rings (SSSR count). The van der Waals surface area contributed by atoms with Crippen LogP contribution in [0.15, 0.2) is 47.4 Å². The van der Waals surface area contributed by atoms with E-state index in [9.17, 15) is 12.8 Å². The van der Waals surface area contributed by atoms with Gasteiger partial charge in [0.1, 0.15) is 5.82 Å². The molecule has 2 aromatic rings. The normalized spacial score (nSPS) is 11.5. The second-order valence-electron chi connectivity index (χ2n) is 4.42. The van der Waals surface area contributed by atoms with Crippen LogP contribution in [0.5, 0.6) is 0 Å². The zero-order chi connectivity index (χ0) is 14.0. The van der Waals surface area contributed by atoms with Crippen LogP contribution >= 0.6 is 0 Å². The third kappa shape index (κ3) is 3.12. The quantitative estimate of drug-likeness (QED) is 0.879. The topological polar surface area (TPSA) is 60.2 Å². The number of hydrogen-bond acceptors (Lipinski definition) is 3. The highest BCUT2D eigenvalue weighted by Crippen LogP contribution is 2.21. The summed E-state index contributed by atoms with van der Waals surface area (Å²) >= 11 is 0. The Morgan fingerprint density at radius 2 is 1.84 bits per heavy atom. The van der Waals surface area contributed by atoms with Crippen molar-refractivity contribution in [3.8, 4) is 0 Å². The lowest BCUT2D eigenvalue weighted by molar-refractivity contribution is 0.594. The molecule has 3 nitrogen and oxygen atoms in total. The predicted octanol–water partition coefficient (Wildman–Crippen LogP) is 2.69. The summed E-state index contributed by atoms with van der Waals surface area (Å²) in [6, 6.07) is 10.5. The van der Waals surface area contributed by atoms with Gasteiger partial charge in [0, 0.05) is 5.69 Å². The van der Waals surface area contributed by atoms with E-state index in [1.54, 1.807) is 31.2 Å². The molecule has 0 amide bonds. The van der Waals surface area contributed by atoms with Crippen molar-refractivity contribution in [2.24, 2.45) is 0 Å². The summed E-state index contributed by atoms with van der Waals surface area (Å²) in [5.41, 5.74) is 6.75. The monoisotopic (exact) mass is 279 g/mol. The minimum atomic E-state index is -3.50. The molecule has 19 heavy (non-hydrogen) atoms. The summed E-state index contributed by atoms with van der Waals surface area (Å²) in [6.07, 6.45) is 0. The van der Waals surface area contributed by atoms with Crippen molar-refractivity contribution in [3.63, 3.8) is 0 Å². The fourth-order valence-electron chi connectivity index (χ4n) is 1.96. The third-order valence-corrected chi connectivity index (χ3v) is 4.61. The maximum Gasteiger partial charge on any atom is 0.182 e. The lowest BCUT2D eigenvalue weighted by Gasteiger charge is -2.08. The number of rotatable bonds is 3. The third-order valence-electron chi connectivity index (χ3n) is 2.77. The molecule has 0 aliphatic rings. The summed E-state index contributed by atoms with van der Waals surface area (Å²) in [4.78, 5) is 0.262. The average Bonchev–Trinajstić information content (AvgIpc) is 2.26. The molecule has 0 atom stereocenters. The van der Waals surface area contributed by atoms with Crippen LogP contribution in [-0.2, 0) is 15.6 Å². The Kier molecular flexibility index (Phi) is 3.57. The molecule has 0 heterocycles. The van der Waals surface area contributed by atoms with Crippen molar-refractivity contribution in [3.05, 3.63) is 59.4 Å². The van der Waals surface area contributed by atoms with Crippen molar-refractivity contribution in [1.82, 2.24) is 0 Å². The second kappa shape index (κ2) is 5.01. The van der Waals surface area contributed by atoms with Gasteiger partial charge in [-0.2, -0.15) is 0 Å². The Morgan fingerprint density at radius 3 is 2.47 bits per heavy atom. The van der Waals surface area contributed by atoms with Crippen LogP contribution in [0, 0.1) is 12.7 Å². The van der Waals surface area contributed by atoms with Gasteiger partial charge in [-0.05, 0) is 42.3 Å². The number of halogens is 1. The van der Waals surface area contributed by atoms with Gasteiger partial charge in [0.15, 0.2) is 9.84 Å². The number of sulfone groups is 1. The van der Waals surface area contributed by atoms with Crippen LogP contribution < -0.4 is 5.73 Å². The maximum atomic E-state index is 13.2. The van der Waals surface area contributed by atoms with Gasteiger partial charge in [0.2, 0.25) is 0 Å². The van der Waals surface area contributed by atoms with E-state index < -0.39 is 15.7 Å². The summed E-state index contributed by atoms with van der Waals surface area (Å²) in [7, 11) is -3.50. The van der Waals surface area contributed by atoms with Crippen molar-refractivity contribution < 1.29 is 12.8 Å². The van der Waals surface area contributed by atoms with Gasteiger partial charge < -0.3 is 5.73 Å². The van der Waals surface area contributed by atoms with E-state index in [2.05, 4.69) is 0 Å². The van der Waals surface area contributed by atoms with Crippen LogP contribution in [0.2, 0.25) is 0 Å². The van der Waals surface area contributed by atoms with Crippen molar-refractivity contribution >= 4 is 15.5 Å². The number of nitrogens with two attached hydrogens (primary N) is 1. The van der Waals surface area contributed by atoms with Gasteiger partial charge in [-0.3, -0.25) is 0 Å². The number of aryl methyl sites for hydroxylation is 1. The summed E-state index contributed by atoms with van der Waals surface area (Å²) in [6.45, 7) is 1.73.